The zero-order valence-corrected chi connectivity index (χ0v) is 15.7. The van der Waals surface area contributed by atoms with Gasteiger partial charge in [0.15, 0.2) is 0 Å². The van der Waals surface area contributed by atoms with E-state index < -0.39 is 0 Å². The summed E-state index contributed by atoms with van der Waals surface area (Å²) in [4.78, 5) is 32.8. The van der Waals surface area contributed by atoms with Gasteiger partial charge in [0.1, 0.15) is 0 Å². The Kier molecular flexibility index (Phi) is 7.09. The highest BCUT2D eigenvalue weighted by Gasteiger charge is 2.25. The number of H-pyrrole nitrogens is 1. The topological polar surface area (TPSA) is 78.1 Å². The van der Waals surface area contributed by atoms with Crippen LogP contribution in [0, 0.1) is 5.92 Å². The monoisotopic (exact) mass is 360 g/mol. The Hall–Kier alpha value is -1.85. The molecule has 1 aliphatic carbocycles. The molecule has 1 atom stereocenters. The third-order valence-corrected chi connectivity index (χ3v) is 5.88. The quantitative estimate of drug-likeness (QED) is 0.864. The molecule has 1 aromatic rings. The van der Waals surface area contributed by atoms with Crippen molar-refractivity contribution in [2.24, 2.45) is 5.92 Å². The number of carbonyl (C=O) groups excluding carboxylic acids is 1. The highest BCUT2D eigenvalue weighted by atomic mass is 16.2. The van der Waals surface area contributed by atoms with Crippen molar-refractivity contribution in [3.63, 3.8) is 0 Å². The first-order chi connectivity index (χ1) is 12.7. The predicted octanol–water partition coefficient (Wildman–Crippen LogP) is 3.41. The van der Waals surface area contributed by atoms with Crippen LogP contribution in [0.2, 0.25) is 0 Å². The number of carbonyl (C=O) groups is 1. The third-order valence-electron chi connectivity index (χ3n) is 5.88. The Labute approximate surface area is 155 Å². The molecule has 2 amide bonds. The van der Waals surface area contributed by atoms with Crippen molar-refractivity contribution in [1.29, 1.82) is 0 Å². The number of nitrogens with zero attached hydrogens (tertiary/aromatic N) is 2. The maximum absolute atomic E-state index is 12.5. The summed E-state index contributed by atoms with van der Waals surface area (Å²) in [6.07, 6.45) is 13.9. The van der Waals surface area contributed by atoms with Crippen molar-refractivity contribution in [3.05, 3.63) is 28.4 Å². The highest BCUT2D eigenvalue weighted by molar-refractivity contribution is 5.74. The minimum absolute atomic E-state index is 0.0328. The molecule has 144 valence electrons. The SMILES string of the molecule is O=C(NCCC1CCCCCCC1)N1CCC[C@@H](c2cc(=O)[nH]cn2)C1. The summed E-state index contributed by atoms with van der Waals surface area (Å²) in [6.45, 7) is 2.20. The average molecular weight is 361 g/mol. The average Bonchev–Trinajstić information content (AvgIpc) is 2.63. The Morgan fingerprint density at radius 2 is 1.92 bits per heavy atom. The van der Waals surface area contributed by atoms with E-state index in [0.717, 1.165) is 44.0 Å². The van der Waals surface area contributed by atoms with E-state index in [0.29, 0.717) is 6.54 Å². The fraction of sp³-hybridized carbons (Fsp3) is 0.750. The molecular formula is C20H32N4O2. The maximum Gasteiger partial charge on any atom is 0.317 e. The predicted molar refractivity (Wildman–Crippen MR) is 102 cm³/mol. The van der Waals surface area contributed by atoms with Crippen molar-refractivity contribution in [1.82, 2.24) is 20.2 Å². The lowest BCUT2D eigenvalue weighted by atomic mass is 9.89. The lowest BCUT2D eigenvalue weighted by molar-refractivity contribution is 0.178. The molecule has 3 rings (SSSR count). The summed E-state index contributed by atoms with van der Waals surface area (Å²) >= 11 is 0. The van der Waals surface area contributed by atoms with Crippen molar-refractivity contribution in [2.75, 3.05) is 19.6 Å². The van der Waals surface area contributed by atoms with Gasteiger partial charge >= 0.3 is 6.03 Å². The van der Waals surface area contributed by atoms with E-state index in [2.05, 4.69) is 15.3 Å². The number of piperidine rings is 1. The van der Waals surface area contributed by atoms with Gasteiger partial charge in [-0.25, -0.2) is 9.78 Å². The maximum atomic E-state index is 12.5. The molecule has 1 saturated heterocycles. The number of amides is 2. The first-order valence-electron chi connectivity index (χ1n) is 10.3. The van der Waals surface area contributed by atoms with E-state index in [1.165, 1.54) is 51.3 Å². The first-order valence-corrected chi connectivity index (χ1v) is 10.3. The molecule has 0 radical (unpaired) electrons. The number of rotatable bonds is 4. The molecule has 0 spiro atoms. The molecule has 6 heteroatoms. The zero-order chi connectivity index (χ0) is 18.2. The fourth-order valence-electron chi connectivity index (χ4n) is 4.33. The largest absolute Gasteiger partial charge is 0.338 e. The van der Waals surface area contributed by atoms with Gasteiger partial charge in [0, 0.05) is 31.6 Å². The number of hydrogen-bond acceptors (Lipinski definition) is 3. The molecule has 2 aliphatic rings. The van der Waals surface area contributed by atoms with Crippen LogP contribution in [0.4, 0.5) is 4.79 Å². The molecule has 26 heavy (non-hydrogen) atoms. The summed E-state index contributed by atoms with van der Waals surface area (Å²) < 4.78 is 0. The van der Waals surface area contributed by atoms with Crippen LogP contribution in [-0.4, -0.2) is 40.5 Å². The van der Waals surface area contributed by atoms with Crippen molar-refractivity contribution < 1.29 is 4.79 Å². The van der Waals surface area contributed by atoms with Crippen molar-refractivity contribution in [3.8, 4) is 0 Å². The van der Waals surface area contributed by atoms with Gasteiger partial charge in [-0.1, -0.05) is 44.9 Å². The second kappa shape index (κ2) is 9.74. The van der Waals surface area contributed by atoms with Crippen molar-refractivity contribution >= 4 is 6.03 Å². The number of likely N-dealkylation sites (tertiary alicyclic amines) is 1. The van der Waals surface area contributed by atoms with Crippen LogP contribution >= 0.6 is 0 Å². The Morgan fingerprint density at radius 3 is 2.69 bits per heavy atom. The number of urea groups is 1. The van der Waals surface area contributed by atoms with Gasteiger partial charge in [-0.2, -0.15) is 0 Å². The summed E-state index contributed by atoms with van der Waals surface area (Å²) in [6, 6.07) is 1.59. The second-order valence-electron chi connectivity index (χ2n) is 7.85. The molecule has 6 nitrogen and oxygen atoms in total. The van der Waals surface area contributed by atoms with Crippen LogP contribution in [0.5, 0.6) is 0 Å². The molecule has 2 fully saturated rings. The van der Waals surface area contributed by atoms with Gasteiger partial charge in [-0.05, 0) is 25.2 Å². The number of aromatic amines is 1. The standard InChI is InChI=1S/C20H32N4O2/c25-19-13-18(22-15-23-19)17-9-6-12-24(14-17)20(26)21-11-10-16-7-4-2-1-3-5-8-16/h13,15-17H,1-12,14H2,(H,21,26)(H,22,23,25)/t17-/m1/s1. The smallest absolute Gasteiger partial charge is 0.317 e. The molecular weight excluding hydrogens is 328 g/mol. The van der Waals surface area contributed by atoms with Crippen LogP contribution in [0.1, 0.15) is 75.8 Å². The molecule has 0 bridgehead atoms. The minimum atomic E-state index is -0.129. The minimum Gasteiger partial charge on any atom is -0.338 e. The van der Waals surface area contributed by atoms with Gasteiger partial charge in [-0.15, -0.1) is 0 Å². The lowest BCUT2D eigenvalue weighted by Crippen LogP contribution is -2.45. The molecule has 1 aromatic heterocycles. The summed E-state index contributed by atoms with van der Waals surface area (Å²) in [7, 11) is 0. The Morgan fingerprint density at radius 1 is 1.15 bits per heavy atom. The summed E-state index contributed by atoms with van der Waals surface area (Å²) in [5.41, 5.74) is 0.663. The van der Waals surface area contributed by atoms with Gasteiger partial charge < -0.3 is 15.2 Å². The second-order valence-corrected chi connectivity index (χ2v) is 7.85. The summed E-state index contributed by atoms with van der Waals surface area (Å²) in [5, 5.41) is 3.12. The zero-order valence-electron chi connectivity index (χ0n) is 15.7. The van der Waals surface area contributed by atoms with Gasteiger partial charge in [0.05, 0.1) is 12.0 Å². The molecule has 2 N–H and O–H groups in total. The lowest BCUT2D eigenvalue weighted by Gasteiger charge is -2.32. The Bertz CT molecular complexity index is 622. The molecule has 2 heterocycles. The Balaban J connectivity index is 1.44. The van der Waals surface area contributed by atoms with Crippen molar-refractivity contribution in [2.45, 2.75) is 70.1 Å². The van der Waals surface area contributed by atoms with Crippen LogP contribution < -0.4 is 10.9 Å². The van der Waals surface area contributed by atoms with Crippen LogP contribution in [0.25, 0.3) is 0 Å². The van der Waals surface area contributed by atoms with Crippen LogP contribution in [-0.2, 0) is 0 Å². The van der Waals surface area contributed by atoms with E-state index >= 15 is 0 Å². The van der Waals surface area contributed by atoms with E-state index in [4.69, 9.17) is 0 Å². The molecule has 0 aromatic carbocycles. The highest BCUT2D eigenvalue weighted by Crippen LogP contribution is 2.25. The van der Waals surface area contributed by atoms with E-state index in [-0.39, 0.29) is 17.5 Å². The summed E-state index contributed by atoms with van der Waals surface area (Å²) in [5.74, 6) is 0.923. The van der Waals surface area contributed by atoms with E-state index in [9.17, 15) is 9.59 Å². The molecule has 1 aliphatic heterocycles. The van der Waals surface area contributed by atoms with Crippen LogP contribution in [0.3, 0.4) is 0 Å². The van der Waals surface area contributed by atoms with Gasteiger partial charge in [0.25, 0.3) is 5.56 Å². The van der Waals surface area contributed by atoms with Gasteiger partial charge in [-0.3, -0.25) is 4.79 Å². The third kappa shape index (κ3) is 5.58. The van der Waals surface area contributed by atoms with E-state index in [1.807, 2.05) is 4.90 Å². The molecule has 1 saturated carbocycles. The van der Waals surface area contributed by atoms with Gasteiger partial charge in [0.2, 0.25) is 0 Å². The first kappa shape index (κ1) is 18.9. The fourth-order valence-corrected chi connectivity index (χ4v) is 4.33. The van der Waals surface area contributed by atoms with E-state index in [1.54, 1.807) is 6.07 Å². The van der Waals surface area contributed by atoms with Crippen LogP contribution in [0.15, 0.2) is 17.2 Å². The number of hydrogen-bond donors (Lipinski definition) is 2. The normalized spacial score (nSPS) is 22.5. The number of aromatic nitrogens is 2. The molecule has 0 unspecified atom stereocenters. The number of nitrogens with one attached hydrogen (secondary N) is 2.